The molecule has 1 fully saturated rings. The highest BCUT2D eigenvalue weighted by Crippen LogP contribution is 2.36. The molecule has 0 amide bonds. The lowest BCUT2D eigenvalue weighted by Crippen LogP contribution is -2.45. The Labute approximate surface area is 148 Å². The van der Waals surface area contributed by atoms with E-state index in [1.807, 2.05) is 17.8 Å². The normalized spacial score (nSPS) is 18.0. The topological polar surface area (TPSA) is 6.48 Å². The maximum Gasteiger partial charge on any atom is 0.0410 e. The van der Waals surface area contributed by atoms with Crippen molar-refractivity contribution in [3.8, 4) is 0 Å². The summed E-state index contributed by atoms with van der Waals surface area (Å²) < 4.78 is 0. The molecule has 1 saturated heterocycles. The van der Waals surface area contributed by atoms with Crippen LogP contribution in [0.25, 0.3) is 0 Å². The van der Waals surface area contributed by atoms with Gasteiger partial charge in [-0.1, -0.05) is 41.6 Å². The molecule has 1 atom stereocenters. The zero-order valence-electron chi connectivity index (χ0n) is 13.7. The van der Waals surface area contributed by atoms with Crippen LogP contribution in [0.3, 0.4) is 0 Å². The molecular formula is C19H23ClN2S. The van der Waals surface area contributed by atoms with E-state index in [1.54, 1.807) is 0 Å². The first-order valence-electron chi connectivity index (χ1n) is 8.08. The number of halogens is 1. The first kappa shape index (κ1) is 16.8. The molecule has 23 heavy (non-hydrogen) atoms. The van der Waals surface area contributed by atoms with Crippen molar-refractivity contribution in [3.05, 3.63) is 59.1 Å². The van der Waals surface area contributed by atoms with Crippen molar-refractivity contribution in [2.75, 3.05) is 33.2 Å². The van der Waals surface area contributed by atoms with Gasteiger partial charge in [0.1, 0.15) is 0 Å². The number of likely N-dealkylation sites (N-methyl/N-ethyl adjacent to an activating group) is 1. The largest absolute Gasteiger partial charge is 0.304 e. The summed E-state index contributed by atoms with van der Waals surface area (Å²) in [7, 11) is 2.19. The summed E-state index contributed by atoms with van der Waals surface area (Å²) in [6.45, 7) is 6.78. The van der Waals surface area contributed by atoms with Crippen molar-refractivity contribution < 1.29 is 0 Å². The van der Waals surface area contributed by atoms with Crippen molar-refractivity contribution in [2.24, 2.45) is 0 Å². The molecule has 4 heteroatoms. The van der Waals surface area contributed by atoms with Crippen LogP contribution in [0.2, 0.25) is 5.02 Å². The summed E-state index contributed by atoms with van der Waals surface area (Å²) in [5, 5.41) is 0.818. The Kier molecular flexibility index (Phi) is 5.65. The Bertz CT molecular complexity index is 639. The number of hydrogen-bond acceptors (Lipinski definition) is 3. The minimum atomic E-state index is 0.383. The van der Waals surface area contributed by atoms with Gasteiger partial charge in [-0.3, -0.25) is 4.90 Å². The number of piperazine rings is 1. The minimum absolute atomic E-state index is 0.383. The van der Waals surface area contributed by atoms with Gasteiger partial charge in [-0.15, -0.1) is 0 Å². The molecule has 1 aliphatic heterocycles. The van der Waals surface area contributed by atoms with Gasteiger partial charge in [-0.25, -0.2) is 0 Å². The second-order valence-corrected chi connectivity index (χ2v) is 7.66. The van der Waals surface area contributed by atoms with E-state index in [9.17, 15) is 0 Å². The number of nitrogens with zero attached hydrogens (tertiary/aromatic N) is 2. The predicted molar refractivity (Wildman–Crippen MR) is 99.5 cm³/mol. The lowest BCUT2D eigenvalue weighted by molar-refractivity contribution is 0.118. The Morgan fingerprint density at radius 1 is 1.00 bits per heavy atom. The molecule has 0 bridgehead atoms. The molecule has 122 valence electrons. The third-order valence-corrected chi connectivity index (χ3v) is 5.81. The fourth-order valence-electron chi connectivity index (χ4n) is 2.96. The summed E-state index contributed by atoms with van der Waals surface area (Å²) in [5.74, 6) is 0. The standard InChI is InChI=1S/C19H23ClN2S/c1-15(22-12-10-21(2)11-13-22)18-14-16(20)8-9-19(18)23-17-6-4-3-5-7-17/h3-9,14-15H,10-13H2,1-2H3. The first-order valence-corrected chi connectivity index (χ1v) is 9.28. The first-order chi connectivity index (χ1) is 11.1. The molecule has 1 heterocycles. The van der Waals surface area contributed by atoms with E-state index < -0.39 is 0 Å². The average Bonchev–Trinajstić information content (AvgIpc) is 2.57. The molecule has 3 rings (SSSR count). The summed E-state index contributed by atoms with van der Waals surface area (Å²) in [5.41, 5.74) is 1.33. The Morgan fingerprint density at radius 3 is 2.39 bits per heavy atom. The second-order valence-electron chi connectivity index (χ2n) is 6.11. The van der Waals surface area contributed by atoms with Crippen LogP contribution in [0.4, 0.5) is 0 Å². The van der Waals surface area contributed by atoms with Crippen molar-refractivity contribution in [3.63, 3.8) is 0 Å². The number of rotatable bonds is 4. The Hall–Kier alpha value is -1.00. The molecular weight excluding hydrogens is 324 g/mol. The van der Waals surface area contributed by atoms with Crippen molar-refractivity contribution in [1.29, 1.82) is 0 Å². The predicted octanol–water partition coefficient (Wildman–Crippen LogP) is 4.80. The fourth-order valence-corrected chi connectivity index (χ4v) is 4.17. The van der Waals surface area contributed by atoms with E-state index in [-0.39, 0.29) is 0 Å². The van der Waals surface area contributed by atoms with E-state index in [0.717, 1.165) is 31.2 Å². The monoisotopic (exact) mass is 346 g/mol. The zero-order chi connectivity index (χ0) is 16.2. The van der Waals surface area contributed by atoms with Gasteiger partial charge in [0.15, 0.2) is 0 Å². The lowest BCUT2D eigenvalue weighted by atomic mass is 10.1. The Balaban J connectivity index is 1.84. The highest BCUT2D eigenvalue weighted by atomic mass is 35.5. The summed E-state index contributed by atoms with van der Waals surface area (Å²) in [6.07, 6.45) is 0. The van der Waals surface area contributed by atoms with Gasteiger partial charge in [0.25, 0.3) is 0 Å². The highest BCUT2D eigenvalue weighted by molar-refractivity contribution is 7.99. The fraction of sp³-hybridized carbons (Fsp3) is 0.368. The van der Waals surface area contributed by atoms with E-state index in [2.05, 4.69) is 66.2 Å². The van der Waals surface area contributed by atoms with Gasteiger partial charge < -0.3 is 4.90 Å². The average molecular weight is 347 g/mol. The van der Waals surface area contributed by atoms with Gasteiger partial charge in [-0.05, 0) is 49.9 Å². The van der Waals surface area contributed by atoms with Crippen LogP contribution in [0.5, 0.6) is 0 Å². The summed E-state index contributed by atoms with van der Waals surface area (Å²) >= 11 is 8.11. The van der Waals surface area contributed by atoms with Crippen LogP contribution < -0.4 is 0 Å². The van der Waals surface area contributed by atoms with E-state index in [4.69, 9.17) is 11.6 Å². The third-order valence-electron chi connectivity index (χ3n) is 4.48. The maximum atomic E-state index is 6.29. The highest BCUT2D eigenvalue weighted by Gasteiger charge is 2.22. The minimum Gasteiger partial charge on any atom is -0.304 e. The smallest absolute Gasteiger partial charge is 0.0410 e. The van der Waals surface area contributed by atoms with E-state index in [1.165, 1.54) is 15.4 Å². The molecule has 0 spiro atoms. The SMILES string of the molecule is CC(c1cc(Cl)ccc1Sc1ccccc1)N1CCN(C)CC1. The van der Waals surface area contributed by atoms with Gasteiger partial charge in [0.2, 0.25) is 0 Å². The third kappa shape index (κ3) is 4.30. The molecule has 0 radical (unpaired) electrons. The van der Waals surface area contributed by atoms with Crippen LogP contribution in [0.15, 0.2) is 58.3 Å². The van der Waals surface area contributed by atoms with Gasteiger partial charge in [0.05, 0.1) is 0 Å². The van der Waals surface area contributed by atoms with Crippen LogP contribution in [-0.2, 0) is 0 Å². The quantitative estimate of drug-likeness (QED) is 0.785. The lowest BCUT2D eigenvalue weighted by Gasteiger charge is -2.37. The zero-order valence-corrected chi connectivity index (χ0v) is 15.3. The van der Waals surface area contributed by atoms with Crippen LogP contribution >= 0.6 is 23.4 Å². The van der Waals surface area contributed by atoms with Gasteiger partial charge in [0, 0.05) is 47.0 Å². The van der Waals surface area contributed by atoms with Gasteiger partial charge >= 0.3 is 0 Å². The second kappa shape index (κ2) is 7.71. The van der Waals surface area contributed by atoms with Crippen molar-refractivity contribution in [1.82, 2.24) is 9.80 Å². The van der Waals surface area contributed by atoms with Crippen LogP contribution in [0.1, 0.15) is 18.5 Å². The van der Waals surface area contributed by atoms with E-state index in [0.29, 0.717) is 6.04 Å². The summed E-state index contributed by atoms with van der Waals surface area (Å²) in [6, 6.07) is 17.2. The maximum absolute atomic E-state index is 6.29. The molecule has 2 aromatic rings. The molecule has 0 saturated carbocycles. The molecule has 0 aliphatic carbocycles. The molecule has 1 aliphatic rings. The van der Waals surface area contributed by atoms with Crippen molar-refractivity contribution in [2.45, 2.75) is 22.8 Å². The molecule has 2 nitrogen and oxygen atoms in total. The summed E-state index contributed by atoms with van der Waals surface area (Å²) in [4.78, 5) is 7.51. The molecule has 1 unspecified atom stereocenters. The van der Waals surface area contributed by atoms with E-state index >= 15 is 0 Å². The Morgan fingerprint density at radius 2 is 1.70 bits per heavy atom. The molecule has 2 aromatic carbocycles. The number of hydrogen-bond donors (Lipinski definition) is 0. The number of benzene rings is 2. The molecule has 0 aromatic heterocycles. The van der Waals surface area contributed by atoms with Crippen LogP contribution in [-0.4, -0.2) is 43.0 Å². The van der Waals surface area contributed by atoms with Crippen LogP contribution in [0, 0.1) is 0 Å². The van der Waals surface area contributed by atoms with Gasteiger partial charge in [-0.2, -0.15) is 0 Å². The molecule has 0 N–H and O–H groups in total. The van der Waals surface area contributed by atoms with Crippen molar-refractivity contribution >= 4 is 23.4 Å².